The monoisotopic (exact) mass is 429 g/mol. The highest BCUT2D eigenvalue weighted by atomic mass is 32.1. The van der Waals surface area contributed by atoms with E-state index in [0.29, 0.717) is 19.7 Å². The molecular weight excluding hydrogens is 398 g/mol. The Morgan fingerprint density at radius 1 is 1.37 bits per heavy atom. The average Bonchev–Trinajstić information content (AvgIpc) is 3.09. The lowest BCUT2D eigenvalue weighted by Gasteiger charge is -2.25. The third-order valence-electron chi connectivity index (χ3n) is 5.17. The van der Waals surface area contributed by atoms with Gasteiger partial charge in [0.25, 0.3) is 0 Å². The molecule has 2 aromatic rings. The molecule has 0 aliphatic carbocycles. The van der Waals surface area contributed by atoms with Crippen LogP contribution in [0.4, 0.5) is 5.13 Å². The van der Waals surface area contributed by atoms with Gasteiger partial charge < -0.3 is 14.7 Å². The molecule has 1 saturated heterocycles. The van der Waals surface area contributed by atoms with Crippen LogP contribution in [-0.2, 0) is 17.8 Å². The van der Waals surface area contributed by atoms with E-state index in [0.717, 1.165) is 41.6 Å². The third-order valence-corrected chi connectivity index (χ3v) is 6.24. The van der Waals surface area contributed by atoms with Gasteiger partial charge in [-0.25, -0.2) is 4.98 Å². The first kappa shape index (κ1) is 22.3. The number of aromatic nitrogens is 1. The van der Waals surface area contributed by atoms with Crippen LogP contribution in [0, 0.1) is 6.92 Å². The van der Waals surface area contributed by atoms with Gasteiger partial charge in [0.2, 0.25) is 0 Å². The van der Waals surface area contributed by atoms with Crippen LogP contribution >= 0.6 is 11.3 Å². The molecule has 0 atom stereocenters. The lowest BCUT2D eigenvalue weighted by Crippen LogP contribution is -2.29. The summed E-state index contributed by atoms with van der Waals surface area (Å²) in [7, 11) is 0. The molecule has 3 rings (SSSR count). The molecule has 1 fully saturated rings. The molecule has 1 aliphatic rings. The summed E-state index contributed by atoms with van der Waals surface area (Å²) in [5.41, 5.74) is 2.14. The number of hydrogen-bond donors (Lipinski definition) is 1. The van der Waals surface area contributed by atoms with Crippen molar-refractivity contribution in [3.63, 3.8) is 0 Å². The quantitative estimate of drug-likeness (QED) is 0.542. The van der Waals surface area contributed by atoms with Gasteiger partial charge in [-0.05, 0) is 43.9 Å². The van der Waals surface area contributed by atoms with Gasteiger partial charge in [0.05, 0.1) is 18.8 Å². The van der Waals surface area contributed by atoms with E-state index in [1.165, 1.54) is 24.1 Å². The van der Waals surface area contributed by atoms with E-state index < -0.39 is 5.97 Å². The second kappa shape index (κ2) is 11.1. The third kappa shape index (κ3) is 6.57. The van der Waals surface area contributed by atoms with Crippen LogP contribution in [0.3, 0.4) is 0 Å². The number of piperidine rings is 1. The maximum atomic E-state index is 11.0. The molecule has 0 amide bonds. The molecule has 0 spiro atoms. The van der Waals surface area contributed by atoms with Crippen molar-refractivity contribution in [3.05, 3.63) is 53.1 Å². The van der Waals surface area contributed by atoms with Gasteiger partial charge in [-0.1, -0.05) is 18.2 Å². The van der Waals surface area contributed by atoms with E-state index in [4.69, 9.17) is 14.8 Å². The number of carboxylic acid groups (broad SMARTS) is 1. The predicted octanol–water partition coefficient (Wildman–Crippen LogP) is 4.14. The fourth-order valence-electron chi connectivity index (χ4n) is 3.68. The Morgan fingerprint density at radius 2 is 2.17 bits per heavy atom. The van der Waals surface area contributed by atoms with Gasteiger partial charge in [0.1, 0.15) is 5.75 Å². The SMILES string of the molecule is C=CCN(CC(=O)O)Cc1cccc(OCCc2nc(N3CCCCC3)sc2C)c1. The largest absolute Gasteiger partial charge is 0.493 e. The van der Waals surface area contributed by atoms with E-state index >= 15 is 0 Å². The van der Waals surface area contributed by atoms with Gasteiger partial charge in [-0.3, -0.25) is 9.69 Å². The molecule has 0 bridgehead atoms. The number of ether oxygens (including phenoxy) is 1. The molecule has 0 radical (unpaired) electrons. The fourth-order valence-corrected chi connectivity index (χ4v) is 4.69. The topological polar surface area (TPSA) is 65.9 Å². The summed E-state index contributed by atoms with van der Waals surface area (Å²) in [6, 6.07) is 7.84. The number of benzene rings is 1. The minimum atomic E-state index is -0.841. The predicted molar refractivity (Wildman–Crippen MR) is 122 cm³/mol. The molecule has 162 valence electrons. The summed E-state index contributed by atoms with van der Waals surface area (Å²) < 4.78 is 5.98. The standard InChI is InChI=1S/C23H31N3O3S/c1-3-11-25(17-22(27)28)16-19-8-7-9-20(15-19)29-14-10-21-18(2)30-23(24-21)26-12-5-4-6-13-26/h3,7-9,15H,1,4-6,10-14,16-17H2,2H3,(H,27,28). The molecule has 1 aromatic carbocycles. The van der Waals surface area contributed by atoms with Crippen molar-refractivity contribution in [1.82, 2.24) is 9.88 Å². The summed E-state index contributed by atoms with van der Waals surface area (Å²) >= 11 is 1.78. The van der Waals surface area contributed by atoms with Crippen molar-refractivity contribution in [3.8, 4) is 5.75 Å². The number of nitrogens with zero attached hydrogens (tertiary/aromatic N) is 3. The van der Waals surface area contributed by atoms with Crippen LogP contribution in [0.15, 0.2) is 36.9 Å². The molecule has 1 aliphatic heterocycles. The molecule has 30 heavy (non-hydrogen) atoms. The van der Waals surface area contributed by atoms with E-state index in [1.807, 2.05) is 29.2 Å². The number of hydrogen-bond acceptors (Lipinski definition) is 6. The summed E-state index contributed by atoms with van der Waals surface area (Å²) in [4.78, 5) is 21.4. The second-order valence-electron chi connectivity index (χ2n) is 7.64. The number of carboxylic acids is 1. The van der Waals surface area contributed by atoms with Crippen molar-refractivity contribution in [2.75, 3.05) is 37.7 Å². The highest BCUT2D eigenvalue weighted by molar-refractivity contribution is 7.15. The molecule has 1 N–H and O–H groups in total. The van der Waals surface area contributed by atoms with Gasteiger partial charge >= 0.3 is 5.97 Å². The number of aryl methyl sites for hydroxylation is 1. The van der Waals surface area contributed by atoms with Crippen LogP contribution in [-0.4, -0.2) is 53.7 Å². The summed E-state index contributed by atoms with van der Waals surface area (Å²) in [6.45, 7) is 9.69. The first-order valence-corrected chi connectivity index (χ1v) is 11.3. The maximum absolute atomic E-state index is 11.0. The highest BCUT2D eigenvalue weighted by Gasteiger charge is 2.16. The Hall–Kier alpha value is -2.38. The van der Waals surface area contributed by atoms with Crippen molar-refractivity contribution < 1.29 is 14.6 Å². The van der Waals surface area contributed by atoms with Crippen LogP contribution < -0.4 is 9.64 Å². The van der Waals surface area contributed by atoms with Gasteiger partial charge in [-0.15, -0.1) is 17.9 Å². The summed E-state index contributed by atoms with van der Waals surface area (Å²) in [5.74, 6) is -0.0441. The lowest BCUT2D eigenvalue weighted by molar-refractivity contribution is -0.138. The van der Waals surface area contributed by atoms with Crippen LogP contribution in [0.5, 0.6) is 5.75 Å². The van der Waals surface area contributed by atoms with Gasteiger partial charge in [-0.2, -0.15) is 0 Å². The average molecular weight is 430 g/mol. The number of rotatable bonds is 11. The number of aliphatic carboxylic acids is 1. The van der Waals surface area contributed by atoms with E-state index in [1.54, 1.807) is 17.4 Å². The maximum Gasteiger partial charge on any atom is 0.317 e. The van der Waals surface area contributed by atoms with Crippen molar-refractivity contribution >= 4 is 22.4 Å². The minimum absolute atomic E-state index is 0.0143. The Kier molecular flexibility index (Phi) is 8.28. The molecule has 0 unspecified atom stereocenters. The minimum Gasteiger partial charge on any atom is -0.493 e. The van der Waals surface area contributed by atoms with E-state index in [-0.39, 0.29) is 6.54 Å². The molecule has 0 saturated carbocycles. The van der Waals surface area contributed by atoms with Crippen molar-refractivity contribution in [2.24, 2.45) is 0 Å². The molecule has 1 aromatic heterocycles. The smallest absolute Gasteiger partial charge is 0.317 e. The van der Waals surface area contributed by atoms with E-state index in [9.17, 15) is 4.79 Å². The highest BCUT2D eigenvalue weighted by Crippen LogP contribution is 2.28. The normalized spacial score (nSPS) is 14.1. The summed E-state index contributed by atoms with van der Waals surface area (Å²) in [5, 5.41) is 10.2. The first-order chi connectivity index (χ1) is 14.5. The Bertz CT molecular complexity index is 846. The zero-order chi connectivity index (χ0) is 21.3. The first-order valence-electron chi connectivity index (χ1n) is 10.5. The van der Waals surface area contributed by atoms with Gasteiger partial charge in [0.15, 0.2) is 5.13 Å². The van der Waals surface area contributed by atoms with Gasteiger partial charge in [0, 0.05) is 37.5 Å². The second-order valence-corrected chi connectivity index (χ2v) is 8.83. The van der Waals surface area contributed by atoms with Crippen LogP contribution in [0.2, 0.25) is 0 Å². The number of anilines is 1. The Balaban J connectivity index is 1.54. The zero-order valence-corrected chi connectivity index (χ0v) is 18.5. The fraction of sp³-hybridized carbons (Fsp3) is 0.478. The Labute approximate surface area is 182 Å². The van der Waals surface area contributed by atoms with E-state index in [2.05, 4.69) is 18.4 Å². The summed E-state index contributed by atoms with van der Waals surface area (Å²) in [6.07, 6.45) is 6.33. The number of carbonyl (C=O) groups is 1. The molecule has 7 heteroatoms. The molecule has 6 nitrogen and oxygen atoms in total. The van der Waals surface area contributed by atoms with Crippen LogP contribution in [0.1, 0.15) is 35.4 Å². The van der Waals surface area contributed by atoms with Crippen LogP contribution in [0.25, 0.3) is 0 Å². The van der Waals surface area contributed by atoms with Crippen molar-refractivity contribution in [2.45, 2.75) is 39.2 Å². The molecular formula is C23H31N3O3S. The number of thiazole rings is 1. The molecule has 2 heterocycles. The van der Waals surface area contributed by atoms with Crippen molar-refractivity contribution in [1.29, 1.82) is 0 Å². The lowest BCUT2D eigenvalue weighted by atomic mass is 10.1. The Morgan fingerprint density at radius 3 is 2.90 bits per heavy atom. The zero-order valence-electron chi connectivity index (χ0n) is 17.7.